The van der Waals surface area contributed by atoms with Gasteiger partial charge in [-0.1, -0.05) is 28.9 Å². The van der Waals surface area contributed by atoms with Crippen LogP contribution in [0.2, 0.25) is 5.02 Å². The monoisotopic (exact) mass is 316 g/mol. The van der Waals surface area contributed by atoms with E-state index in [0.29, 0.717) is 27.7 Å². The highest BCUT2D eigenvalue weighted by Gasteiger charge is 2.18. The van der Waals surface area contributed by atoms with Crippen LogP contribution in [-0.2, 0) is 0 Å². The standard InChI is InChI=1S/C15H13ClN4O2/c1-9-14(10(2)22-19-9)15(21)18-11-7-17-20(8-11)13-6-4-3-5-12(13)16/h3-8H,1-2H3,(H,18,21). The minimum absolute atomic E-state index is 0.282. The molecule has 112 valence electrons. The smallest absolute Gasteiger partial charge is 0.261 e. The third-order valence-electron chi connectivity index (χ3n) is 3.20. The van der Waals surface area contributed by atoms with E-state index in [9.17, 15) is 4.79 Å². The van der Waals surface area contributed by atoms with Crippen molar-refractivity contribution < 1.29 is 9.32 Å². The van der Waals surface area contributed by atoms with Crippen molar-refractivity contribution in [1.29, 1.82) is 0 Å². The number of benzene rings is 1. The summed E-state index contributed by atoms with van der Waals surface area (Å²) >= 11 is 6.13. The van der Waals surface area contributed by atoms with Crippen molar-refractivity contribution in [2.75, 3.05) is 5.32 Å². The van der Waals surface area contributed by atoms with Crippen molar-refractivity contribution >= 4 is 23.2 Å². The highest BCUT2D eigenvalue weighted by Crippen LogP contribution is 2.21. The number of halogens is 1. The van der Waals surface area contributed by atoms with Gasteiger partial charge in [-0.2, -0.15) is 5.10 Å². The number of nitrogens with zero attached hydrogens (tertiary/aromatic N) is 3. The first kappa shape index (κ1) is 14.3. The summed E-state index contributed by atoms with van der Waals surface area (Å²) in [5.41, 5.74) is 2.28. The molecule has 0 aliphatic carbocycles. The molecular weight excluding hydrogens is 304 g/mol. The Morgan fingerprint density at radius 1 is 1.32 bits per heavy atom. The first-order chi connectivity index (χ1) is 10.6. The predicted octanol–water partition coefficient (Wildman–Crippen LogP) is 3.38. The predicted molar refractivity (Wildman–Crippen MR) is 82.5 cm³/mol. The van der Waals surface area contributed by atoms with Gasteiger partial charge >= 0.3 is 0 Å². The highest BCUT2D eigenvalue weighted by molar-refractivity contribution is 6.32. The maximum Gasteiger partial charge on any atom is 0.261 e. The Morgan fingerprint density at radius 2 is 2.09 bits per heavy atom. The summed E-state index contributed by atoms with van der Waals surface area (Å²) < 4.78 is 6.60. The number of rotatable bonds is 3. The van der Waals surface area contributed by atoms with Gasteiger partial charge in [0, 0.05) is 0 Å². The Morgan fingerprint density at radius 3 is 2.77 bits per heavy atom. The van der Waals surface area contributed by atoms with Crippen LogP contribution in [0.15, 0.2) is 41.2 Å². The Balaban J connectivity index is 1.84. The molecule has 1 aromatic carbocycles. The fourth-order valence-corrected chi connectivity index (χ4v) is 2.38. The van der Waals surface area contributed by atoms with E-state index in [0.717, 1.165) is 5.69 Å². The molecule has 0 bridgehead atoms. The number of carbonyl (C=O) groups is 1. The van der Waals surface area contributed by atoms with Crippen LogP contribution < -0.4 is 5.32 Å². The van der Waals surface area contributed by atoms with E-state index >= 15 is 0 Å². The summed E-state index contributed by atoms with van der Waals surface area (Å²) in [6.07, 6.45) is 3.25. The van der Waals surface area contributed by atoms with Gasteiger partial charge in [0.25, 0.3) is 5.91 Å². The number of hydrogen-bond acceptors (Lipinski definition) is 4. The van der Waals surface area contributed by atoms with Crippen LogP contribution in [0.5, 0.6) is 0 Å². The number of para-hydroxylation sites is 1. The van der Waals surface area contributed by atoms with Crippen molar-refractivity contribution in [2.24, 2.45) is 0 Å². The van der Waals surface area contributed by atoms with Crippen molar-refractivity contribution in [3.63, 3.8) is 0 Å². The normalized spacial score (nSPS) is 10.7. The van der Waals surface area contributed by atoms with Crippen LogP contribution in [0.1, 0.15) is 21.8 Å². The van der Waals surface area contributed by atoms with Gasteiger partial charge in [0.05, 0.1) is 34.5 Å². The third kappa shape index (κ3) is 2.60. The number of hydrogen-bond donors (Lipinski definition) is 1. The van der Waals surface area contributed by atoms with Crippen molar-refractivity contribution in [2.45, 2.75) is 13.8 Å². The second kappa shape index (κ2) is 5.65. The number of amides is 1. The molecule has 7 heteroatoms. The lowest BCUT2D eigenvalue weighted by Crippen LogP contribution is -2.13. The van der Waals surface area contributed by atoms with E-state index in [1.807, 2.05) is 18.2 Å². The molecule has 0 aliphatic heterocycles. The first-order valence-electron chi connectivity index (χ1n) is 6.60. The quantitative estimate of drug-likeness (QED) is 0.804. The molecule has 0 spiro atoms. The van der Waals surface area contributed by atoms with Crippen molar-refractivity contribution in [1.82, 2.24) is 14.9 Å². The van der Waals surface area contributed by atoms with Crippen LogP contribution in [0.4, 0.5) is 5.69 Å². The Bertz CT molecular complexity index is 818. The maximum atomic E-state index is 12.3. The average Bonchev–Trinajstić information content (AvgIpc) is 3.06. The number of nitrogens with one attached hydrogen (secondary N) is 1. The fraction of sp³-hybridized carbons (Fsp3) is 0.133. The van der Waals surface area contributed by atoms with Gasteiger partial charge in [-0.3, -0.25) is 4.79 Å². The van der Waals surface area contributed by atoms with Gasteiger partial charge in [0.2, 0.25) is 0 Å². The fourth-order valence-electron chi connectivity index (χ4n) is 2.16. The molecule has 2 aromatic heterocycles. The zero-order chi connectivity index (χ0) is 15.7. The molecule has 1 N–H and O–H groups in total. The molecule has 1 amide bonds. The second-order valence-electron chi connectivity index (χ2n) is 4.78. The summed E-state index contributed by atoms with van der Waals surface area (Å²) in [7, 11) is 0. The van der Waals surface area contributed by atoms with Gasteiger partial charge in [-0.05, 0) is 26.0 Å². The minimum Gasteiger partial charge on any atom is -0.361 e. The molecule has 0 radical (unpaired) electrons. The molecule has 6 nitrogen and oxygen atoms in total. The summed E-state index contributed by atoms with van der Waals surface area (Å²) in [5, 5.41) is 11.3. The van der Waals surface area contributed by atoms with E-state index in [1.54, 1.807) is 37.0 Å². The number of anilines is 1. The van der Waals surface area contributed by atoms with E-state index in [2.05, 4.69) is 15.6 Å². The lowest BCUT2D eigenvalue weighted by molar-refractivity contribution is 0.102. The van der Waals surface area contributed by atoms with Gasteiger partial charge in [0.1, 0.15) is 11.3 Å². The van der Waals surface area contributed by atoms with E-state index in [-0.39, 0.29) is 5.91 Å². The molecule has 0 aliphatic rings. The molecule has 0 atom stereocenters. The molecule has 22 heavy (non-hydrogen) atoms. The average molecular weight is 317 g/mol. The summed E-state index contributed by atoms with van der Waals surface area (Å²) in [5.74, 6) is 0.198. The van der Waals surface area contributed by atoms with Gasteiger partial charge < -0.3 is 9.84 Å². The van der Waals surface area contributed by atoms with Crippen LogP contribution in [0, 0.1) is 13.8 Å². The highest BCUT2D eigenvalue weighted by atomic mass is 35.5. The number of aryl methyl sites for hydroxylation is 2. The SMILES string of the molecule is Cc1noc(C)c1C(=O)Nc1cnn(-c2ccccc2Cl)c1. The molecule has 0 saturated carbocycles. The molecule has 3 rings (SSSR count). The van der Waals surface area contributed by atoms with Crippen LogP contribution in [-0.4, -0.2) is 20.8 Å². The van der Waals surface area contributed by atoms with Crippen LogP contribution in [0.3, 0.4) is 0 Å². The zero-order valence-electron chi connectivity index (χ0n) is 12.0. The second-order valence-corrected chi connectivity index (χ2v) is 5.19. The molecule has 0 saturated heterocycles. The Hall–Kier alpha value is -2.60. The first-order valence-corrected chi connectivity index (χ1v) is 6.98. The Labute approximate surface area is 131 Å². The van der Waals surface area contributed by atoms with Crippen LogP contribution >= 0.6 is 11.6 Å². The van der Waals surface area contributed by atoms with Gasteiger partial charge in [-0.15, -0.1) is 0 Å². The largest absolute Gasteiger partial charge is 0.361 e. The van der Waals surface area contributed by atoms with Crippen molar-refractivity contribution in [3.8, 4) is 5.69 Å². The zero-order valence-corrected chi connectivity index (χ0v) is 12.8. The van der Waals surface area contributed by atoms with E-state index in [4.69, 9.17) is 16.1 Å². The lowest BCUT2D eigenvalue weighted by atomic mass is 10.2. The number of aromatic nitrogens is 3. The summed E-state index contributed by atoms with van der Waals surface area (Å²) in [6.45, 7) is 3.42. The van der Waals surface area contributed by atoms with E-state index in [1.165, 1.54) is 0 Å². The third-order valence-corrected chi connectivity index (χ3v) is 3.52. The van der Waals surface area contributed by atoms with Crippen molar-refractivity contribution in [3.05, 3.63) is 58.7 Å². The Kier molecular flexibility index (Phi) is 3.68. The molecule has 0 fully saturated rings. The van der Waals surface area contributed by atoms with Gasteiger partial charge in [-0.25, -0.2) is 4.68 Å². The molecule has 2 heterocycles. The molecular formula is C15H13ClN4O2. The topological polar surface area (TPSA) is 73.0 Å². The summed E-state index contributed by atoms with van der Waals surface area (Å²) in [4.78, 5) is 12.3. The van der Waals surface area contributed by atoms with Gasteiger partial charge in [0.15, 0.2) is 0 Å². The molecule has 0 unspecified atom stereocenters. The maximum absolute atomic E-state index is 12.3. The lowest BCUT2D eigenvalue weighted by Gasteiger charge is -2.03. The summed E-state index contributed by atoms with van der Waals surface area (Å²) in [6, 6.07) is 7.33. The minimum atomic E-state index is -0.282. The van der Waals surface area contributed by atoms with E-state index < -0.39 is 0 Å². The number of carbonyl (C=O) groups excluding carboxylic acids is 1. The molecule has 3 aromatic rings. The van der Waals surface area contributed by atoms with Crippen LogP contribution in [0.25, 0.3) is 5.69 Å².